The second kappa shape index (κ2) is 13.1. The van der Waals surface area contributed by atoms with Gasteiger partial charge in [-0.15, -0.1) is 0 Å². The number of ether oxygens (including phenoxy) is 1. The summed E-state index contributed by atoms with van der Waals surface area (Å²) in [7, 11) is 0. The van der Waals surface area contributed by atoms with Crippen molar-refractivity contribution in [2.45, 2.75) is 33.6 Å². The molecule has 0 aromatic heterocycles. The Morgan fingerprint density at radius 1 is 0.900 bits per heavy atom. The highest BCUT2D eigenvalue weighted by Gasteiger charge is 2.10. The van der Waals surface area contributed by atoms with Crippen LogP contribution in [0.15, 0.2) is 121 Å². The van der Waals surface area contributed by atoms with Crippen LogP contribution in [0.25, 0.3) is 0 Å². The highest BCUT2D eigenvalue weighted by Crippen LogP contribution is 2.26. The van der Waals surface area contributed by atoms with E-state index in [2.05, 4.69) is 46.1 Å². The van der Waals surface area contributed by atoms with E-state index in [4.69, 9.17) is 4.74 Å². The lowest BCUT2D eigenvalue weighted by Gasteiger charge is -2.12. The molecule has 0 aliphatic carbocycles. The summed E-state index contributed by atoms with van der Waals surface area (Å²) in [6.07, 6.45) is 7.62. The molecule has 0 bridgehead atoms. The van der Waals surface area contributed by atoms with Gasteiger partial charge in [0.05, 0.1) is 6.61 Å². The summed E-state index contributed by atoms with van der Waals surface area (Å²) in [5, 5.41) is 0. The quantitative estimate of drug-likeness (QED) is 0.178. The normalized spacial score (nSPS) is 11.7. The van der Waals surface area contributed by atoms with Crippen molar-refractivity contribution in [3.8, 4) is 0 Å². The molecule has 0 amide bonds. The zero-order valence-corrected chi connectivity index (χ0v) is 18.6. The number of hydrogen-bond acceptors (Lipinski definition) is 2. The van der Waals surface area contributed by atoms with Gasteiger partial charge in [-0.05, 0) is 48.6 Å². The molecule has 0 rings (SSSR count). The summed E-state index contributed by atoms with van der Waals surface area (Å²) >= 11 is 0. The average molecular weight is 409 g/mol. The summed E-state index contributed by atoms with van der Waals surface area (Å²) in [6.45, 7) is 32.3. The maximum atomic E-state index is 14.7. The lowest BCUT2D eigenvalue weighted by atomic mass is 9.96. The van der Waals surface area contributed by atoms with Crippen molar-refractivity contribution in [1.29, 1.82) is 0 Å². The molecule has 0 saturated carbocycles. The van der Waals surface area contributed by atoms with Crippen LogP contribution in [0.5, 0.6) is 0 Å². The van der Waals surface area contributed by atoms with Crippen LogP contribution < -0.4 is 0 Å². The Morgan fingerprint density at radius 3 is 2.00 bits per heavy atom. The van der Waals surface area contributed by atoms with Gasteiger partial charge in [-0.25, -0.2) is 9.18 Å². The Labute approximate surface area is 181 Å². The number of allylic oxidation sites excluding steroid dienone is 11. The Balaban J connectivity index is 5.35. The van der Waals surface area contributed by atoms with E-state index < -0.39 is 11.8 Å². The molecule has 0 spiro atoms. The Morgan fingerprint density at radius 2 is 1.50 bits per heavy atom. The molecule has 0 aromatic carbocycles. The molecular weight excluding hydrogens is 375 g/mol. The number of carbonyl (C=O) groups excluding carboxylic acids is 1. The van der Waals surface area contributed by atoms with Gasteiger partial charge in [0.1, 0.15) is 5.83 Å². The van der Waals surface area contributed by atoms with Crippen molar-refractivity contribution < 1.29 is 13.9 Å². The lowest BCUT2D eigenvalue weighted by molar-refractivity contribution is -0.138. The summed E-state index contributed by atoms with van der Waals surface area (Å²) in [4.78, 5) is 11.5. The molecule has 0 aliphatic rings. The van der Waals surface area contributed by atoms with Gasteiger partial charge >= 0.3 is 5.97 Å². The van der Waals surface area contributed by atoms with Crippen LogP contribution in [0.2, 0.25) is 0 Å². The monoisotopic (exact) mass is 408 g/mol. The zero-order valence-electron chi connectivity index (χ0n) is 18.6. The molecule has 0 saturated heterocycles. The number of esters is 1. The van der Waals surface area contributed by atoms with Gasteiger partial charge in [-0.3, -0.25) is 0 Å². The summed E-state index contributed by atoms with van der Waals surface area (Å²) in [6, 6.07) is 0. The Bertz CT molecular complexity index is 873. The first-order chi connectivity index (χ1) is 13.9. The molecule has 0 aliphatic heterocycles. The molecule has 0 atom stereocenters. The van der Waals surface area contributed by atoms with Gasteiger partial charge in [0, 0.05) is 17.6 Å². The summed E-state index contributed by atoms with van der Waals surface area (Å²) in [5.41, 5.74) is 4.38. The standard InChI is InChI=1S/C27H33FO2/c1-11-20(6)25(14-15-30-27(29)19(4)5)16-23(9)24(10)26(28)17-22(8)21(7)13-12-18(2)3/h12-13,16-17H,2,4,6-11,14-15H2,1,3,5H3/b13-12-,25-16-,26-17+. The second-order valence-electron chi connectivity index (χ2n) is 7.02. The first-order valence-corrected chi connectivity index (χ1v) is 9.59. The third-order valence-electron chi connectivity index (χ3n) is 4.14. The van der Waals surface area contributed by atoms with E-state index in [0.717, 1.165) is 16.7 Å². The van der Waals surface area contributed by atoms with Gasteiger partial charge in [-0.2, -0.15) is 0 Å². The van der Waals surface area contributed by atoms with Crippen LogP contribution in [0, 0.1) is 0 Å². The van der Waals surface area contributed by atoms with E-state index in [1.165, 1.54) is 6.08 Å². The maximum absolute atomic E-state index is 14.7. The van der Waals surface area contributed by atoms with Gasteiger partial charge in [0.25, 0.3) is 0 Å². The van der Waals surface area contributed by atoms with Crippen molar-refractivity contribution in [2.75, 3.05) is 6.61 Å². The number of rotatable bonds is 13. The number of hydrogen-bond donors (Lipinski definition) is 0. The van der Waals surface area contributed by atoms with Gasteiger partial charge < -0.3 is 4.74 Å². The molecule has 0 N–H and O–H groups in total. The minimum absolute atomic E-state index is 0.133. The Kier molecular flexibility index (Phi) is 11.7. The SMILES string of the molecule is C=C(C)/C=C\C(=C)C(=C)/C=C(/F)C(=C)C(=C)/C=C(/CCOC(=O)C(=C)C)C(=C)CC. The van der Waals surface area contributed by atoms with Crippen molar-refractivity contribution in [3.05, 3.63) is 121 Å². The number of halogens is 1. The average Bonchev–Trinajstić information content (AvgIpc) is 2.69. The van der Waals surface area contributed by atoms with Crippen molar-refractivity contribution in [1.82, 2.24) is 0 Å². The van der Waals surface area contributed by atoms with E-state index >= 15 is 0 Å². The molecule has 3 heteroatoms. The molecular formula is C27H33FO2. The minimum atomic E-state index is -0.554. The van der Waals surface area contributed by atoms with E-state index in [-0.39, 0.29) is 12.2 Å². The molecule has 0 heterocycles. The minimum Gasteiger partial charge on any atom is -0.462 e. The first-order valence-electron chi connectivity index (χ1n) is 9.59. The maximum Gasteiger partial charge on any atom is 0.333 e. The van der Waals surface area contributed by atoms with E-state index in [1.54, 1.807) is 25.2 Å². The smallest absolute Gasteiger partial charge is 0.333 e. The molecule has 30 heavy (non-hydrogen) atoms. The third kappa shape index (κ3) is 9.83. The second-order valence-corrected chi connectivity index (χ2v) is 7.02. The van der Waals surface area contributed by atoms with E-state index in [9.17, 15) is 9.18 Å². The largest absolute Gasteiger partial charge is 0.462 e. The predicted molar refractivity (Wildman–Crippen MR) is 128 cm³/mol. The Hall–Kier alpha value is -3.20. The summed E-state index contributed by atoms with van der Waals surface area (Å²) < 4.78 is 19.8. The van der Waals surface area contributed by atoms with Crippen LogP contribution >= 0.6 is 0 Å². The molecule has 0 radical (unpaired) electrons. The molecule has 0 aromatic rings. The highest BCUT2D eigenvalue weighted by atomic mass is 19.1. The predicted octanol–water partition coefficient (Wildman–Crippen LogP) is 7.60. The highest BCUT2D eigenvalue weighted by molar-refractivity contribution is 5.86. The van der Waals surface area contributed by atoms with Crippen LogP contribution in [0.4, 0.5) is 4.39 Å². The van der Waals surface area contributed by atoms with Crippen LogP contribution in [-0.4, -0.2) is 12.6 Å². The van der Waals surface area contributed by atoms with E-state index in [0.29, 0.717) is 35.1 Å². The topological polar surface area (TPSA) is 26.3 Å². The van der Waals surface area contributed by atoms with Crippen LogP contribution in [0.1, 0.15) is 33.6 Å². The lowest BCUT2D eigenvalue weighted by Crippen LogP contribution is -2.07. The fourth-order valence-electron chi connectivity index (χ4n) is 2.09. The molecule has 2 nitrogen and oxygen atoms in total. The zero-order chi connectivity index (χ0) is 23.4. The van der Waals surface area contributed by atoms with Crippen molar-refractivity contribution >= 4 is 5.97 Å². The number of carbonyl (C=O) groups is 1. The summed E-state index contributed by atoms with van der Waals surface area (Å²) in [5.74, 6) is -1.01. The van der Waals surface area contributed by atoms with Crippen molar-refractivity contribution in [2.24, 2.45) is 0 Å². The van der Waals surface area contributed by atoms with Crippen LogP contribution in [-0.2, 0) is 9.53 Å². The van der Waals surface area contributed by atoms with Crippen molar-refractivity contribution in [3.63, 3.8) is 0 Å². The molecule has 0 unspecified atom stereocenters. The molecule has 0 fully saturated rings. The molecule has 160 valence electrons. The van der Waals surface area contributed by atoms with Gasteiger partial charge in [0.2, 0.25) is 0 Å². The van der Waals surface area contributed by atoms with Gasteiger partial charge in [0.15, 0.2) is 0 Å². The first kappa shape index (κ1) is 26.8. The van der Waals surface area contributed by atoms with Crippen LogP contribution in [0.3, 0.4) is 0 Å². The van der Waals surface area contributed by atoms with Gasteiger partial charge in [-0.1, -0.05) is 82.4 Å². The van der Waals surface area contributed by atoms with E-state index in [1.807, 2.05) is 13.8 Å². The third-order valence-corrected chi connectivity index (χ3v) is 4.14. The fourth-order valence-corrected chi connectivity index (χ4v) is 2.09. The fraction of sp³-hybridized carbons (Fsp3) is 0.222.